The maximum absolute atomic E-state index is 12.9. The number of aromatic nitrogens is 2. The first-order valence-electron chi connectivity index (χ1n) is 7.27. The molecule has 1 amide bonds. The van der Waals surface area contributed by atoms with E-state index in [2.05, 4.69) is 5.10 Å². The van der Waals surface area contributed by atoms with Crippen molar-refractivity contribution in [3.63, 3.8) is 0 Å². The number of hydrogen-bond acceptors (Lipinski definition) is 3. The fraction of sp³-hybridized carbons (Fsp3) is 0.375. The number of amides is 1. The lowest BCUT2D eigenvalue weighted by molar-refractivity contribution is 0.0986. The Kier molecular flexibility index (Phi) is 4.62. The molecule has 0 aliphatic rings. The topological polar surface area (TPSA) is 64.2 Å². The van der Waals surface area contributed by atoms with E-state index < -0.39 is 0 Å². The molecule has 1 aromatic heterocycles. The number of hydrogen-bond donors (Lipinski definition) is 1. The van der Waals surface area contributed by atoms with Gasteiger partial charge in [-0.05, 0) is 25.0 Å². The lowest BCUT2D eigenvalue weighted by Gasteiger charge is -2.23. The Labute approximate surface area is 125 Å². The number of nitrogens with two attached hydrogens (primary N) is 1. The summed E-state index contributed by atoms with van der Waals surface area (Å²) >= 11 is 0. The van der Waals surface area contributed by atoms with Gasteiger partial charge in [-0.3, -0.25) is 9.48 Å². The Balaban J connectivity index is 2.43. The number of nitrogen functional groups attached to an aromatic ring is 1. The van der Waals surface area contributed by atoms with Crippen LogP contribution in [-0.2, 0) is 13.5 Å². The highest BCUT2D eigenvalue weighted by Gasteiger charge is 2.22. The van der Waals surface area contributed by atoms with Crippen molar-refractivity contribution in [1.82, 2.24) is 9.78 Å². The van der Waals surface area contributed by atoms with Crippen molar-refractivity contribution in [3.05, 3.63) is 41.7 Å². The first-order chi connectivity index (χ1) is 10.1. The highest BCUT2D eigenvalue weighted by atomic mass is 16.2. The van der Waals surface area contributed by atoms with E-state index in [1.54, 1.807) is 15.8 Å². The van der Waals surface area contributed by atoms with Gasteiger partial charge in [-0.1, -0.05) is 26.0 Å². The summed E-state index contributed by atoms with van der Waals surface area (Å²) in [5, 5.41) is 4.35. The first-order valence-corrected chi connectivity index (χ1v) is 7.27. The van der Waals surface area contributed by atoms with Crippen LogP contribution in [0, 0.1) is 0 Å². The molecule has 0 saturated heterocycles. The average molecular weight is 286 g/mol. The van der Waals surface area contributed by atoms with Gasteiger partial charge in [0.1, 0.15) is 0 Å². The molecule has 21 heavy (non-hydrogen) atoms. The predicted molar refractivity (Wildman–Crippen MR) is 85.4 cm³/mol. The Morgan fingerprint density at radius 3 is 2.67 bits per heavy atom. The second-order valence-corrected chi connectivity index (χ2v) is 5.03. The second kappa shape index (κ2) is 6.43. The average Bonchev–Trinajstić information content (AvgIpc) is 2.86. The van der Waals surface area contributed by atoms with E-state index in [-0.39, 0.29) is 5.91 Å². The fourth-order valence-corrected chi connectivity index (χ4v) is 2.41. The lowest BCUT2D eigenvalue weighted by atomic mass is 10.1. The van der Waals surface area contributed by atoms with Gasteiger partial charge in [0, 0.05) is 19.8 Å². The molecule has 0 radical (unpaired) electrons. The number of nitrogens with zero attached hydrogens (tertiary/aromatic N) is 3. The van der Waals surface area contributed by atoms with Gasteiger partial charge < -0.3 is 10.6 Å². The standard InChI is InChI=1S/C16H22N4O/c1-4-10-20(15-9-7-6-8-13(15)17)16(21)12-11-19(3)18-14(12)5-2/h6-9,11H,4-5,10,17H2,1-3H3. The van der Waals surface area contributed by atoms with Crippen molar-refractivity contribution < 1.29 is 4.79 Å². The van der Waals surface area contributed by atoms with E-state index in [1.807, 2.05) is 45.2 Å². The van der Waals surface area contributed by atoms with Gasteiger partial charge >= 0.3 is 0 Å². The molecule has 0 fully saturated rings. The fourth-order valence-electron chi connectivity index (χ4n) is 2.41. The van der Waals surface area contributed by atoms with Crippen LogP contribution in [0.2, 0.25) is 0 Å². The van der Waals surface area contributed by atoms with E-state index in [9.17, 15) is 4.79 Å². The van der Waals surface area contributed by atoms with Crippen LogP contribution in [0.15, 0.2) is 30.5 Å². The monoisotopic (exact) mass is 286 g/mol. The minimum absolute atomic E-state index is 0.0419. The van der Waals surface area contributed by atoms with Crippen molar-refractivity contribution in [3.8, 4) is 0 Å². The third-order valence-corrected chi connectivity index (χ3v) is 3.39. The summed E-state index contributed by atoms with van der Waals surface area (Å²) in [7, 11) is 1.83. The van der Waals surface area contributed by atoms with Gasteiger partial charge in [-0.2, -0.15) is 5.10 Å². The van der Waals surface area contributed by atoms with Crippen molar-refractivity contribution >= 4 is 17.3 Å². The maximum Gasteiger partial charge on any atom is 0.261 e. The van der Waals surface area contributed by atoms with E-state index >= 15 is 0 Å². The van der Waals surface area contributed by atoms with Crippen LogP contribution in [0.5, 0.6) is 0 Å². The minimum Gasteiger partial charge on any atom is -0.397 e. The third-order valence-electron chi connectivity index (χ3n) is 3.39. The Bertz CT molecular complexity index is 633. The van der Waals surface area contributed by atoms with Crippen LogP contribution in [-0.4, -0.2) is 22.2 Å². The quantitative estimate of drug-likeness (QED) is 0.859. The zero-order valence-electron chi connectivity index (χ0n) is 12.8. The minimum atomic E-state index is -0.0419. The number of aryl methyl sites for hydroxylation is 2. The van der Waals surface area contributed by atoms with Crippen molar-refractivity contribution in [2.24, 2.45) is 7.05 Å². The summed E-state index contributed by atoms with van der Waals surface area (Å²) in [6.45, 7) is 4.68. The zero-order valence-corrected chi connectivity index (χ0v) is 12.8. The lowest BCUT2D eigenvalue weighted by Crippen LogP contribution is -2.32. The molecule has 112 valence electrons. The van der Waals surface area contributed by atoms with Gasteiger partial charge in [0.25, 0.3) is 5.91 Å². The summed E-state index contributed by atoms with van der Waals surface area (Å²) in [6.07, 6.45) is 3.37. The van der Waals surface area contributed by atoms with E-state index in [1.165, 1.54) is 0 Å². The van der Waals surface area contributed by atoms with Gasteiger partial charge in [0.2, 0.25) is 0 Å². The summed E-state index contributed by atoms with van der Waals surface area (Å²) < 4.78 is 1.69. The van der Waals surface area contributed by atoms with Gasteiger partial charge in [0.15, 0.2) is 0 Å². The van der Waals surface area contributed by atoms with Crippen LogP contribution in [0.25, 0.3) is 0 Å². The van der Waals surface area contributed by atoms with Crippen molar-refractivity contribution in [1.29, 1.82) is 0 Å². The van der Waals surface area contributed by atoms with Crippen molar-refractivity contribution in [2.75, 3.05) is 17.2 Å². The molecule has 0 aliphatic carbocycles. The van der Waals surface area contributed by atoms with Crippen LogP contribution in [0.4, 0.5) is 11.4 Å². The molecule has 2 rings (SSSR count). The molecule has 2 N–H and O–H groups in total. The van der Waals surface area contributed by atoms with Crippen LogP contribution < -0.4 is 10.6 Å². The normalized spacial score (nSPS) is 10.6. The molecule has 5 nitrogen and oxygen atoms in total. The summed E-state index contributed by atoms with van der Waals surface area (Å²) in [6, 6.07) is 7.46. The molecule has 0 aliphatic heterocycles. The van der Waals surface area contributed by atoms with Gasteiger partial charge in [0.05, 0.1) is 22.6 Å². The molecular formula is C16H22N4O. The number of rotatable bonds is 5. The molecule has 1 aromatic carbocycles. The molecule has 5 heteroatoms. The first kappa shape index (κ1) is 15.1. The SMILES string of the molecule is CCCN(C(=O)c1cn(C)nc1CC)c1ccccc1N. The Morgan fingerprint density at radius 2 is 2.05 bits per heavy atom. The number of para-hydroxylation sites is 2. The molecule has 0 saturated carbocycles. The Hall–Kier alpha value is -2.30. The summed E-state index contributed by atoms with van der Waals surface area (Å²) in [5.41, 5.74) is 8.87. The number of carbonyl (C=O) groups excluding carboxylic acids is 1. The zero-order chi connectivity index (χ0) is 15.4. The molecule has 0 unspecified atom stereocenters. The largest absolute Gasteiger partial charge is 0.397 e. The van der Waals surface area contributed by atoms with Crippen molar-refractivity contribution in [2.45, 2.75) is 26.7 Å². The number of benzene rings is 1. The van der Waals surface area contributed by atoms with Crippen LogP contribution in [0.3, 0.4) is 0 Å². The summed E-state index contributed by atoms with van der Waals surface area (Å²) in [5.74, 6) is -0.0419. The number of carbonyl (C=O) groups is 1. The van der Waals surface area contributed by atoms with Crippen LogP contribution in [0.1, 0.15) is 36.3 Å². The molecule has 0 atom stereocenters. The molecule has 0 bridgehead atoms. The van der Waals surface area contributed by atoms with Crippen LogP contribution >= 0.6 is 0 Å². The maximum atomic E-state index is 12.9. The third kappa shape index (κ3) is 3.07. The Morgan fingerprint density at radius 1 is 1.33 bits per heavy atom. The van der Waals surface area contributed by atoms with Gasteiger partial charge in [-0.25, -0.2) is 0 Å². The molecule has 1 heterocycles. The summed E-state index contributed by atoms with van der Waals surface area (Å²) in [4.78, 5) is 14.6. The predicted octanol–water partition coefficient (Wildman–Crippen LogP) is 2.62. The highest BCUT2D eigenvalue weighted by molar-refractivity contribution is 6.08. The smallest absolute Gasteiger partial charge is 0.261 e. The van der Waals surface area contributed by atoms with Gasteiger partial charge in [-0.15, -0.1) is 0 Å². The van der Waals surface area contributed by atoms with E-state index in [0.29, 0.717) is 17.8 Å². The molecule has 2 aromatic rings. The number of anilines is 2. The van der Waals surface area contributed by atoms with E-state index in [4.69, 9.17) is 5.73 Å². The second-order valence-electron chi connectivity index (χ2n) is 5.03. The highest BCUT2D eigenvalue weighted by Crippen LogP contribution is 2.25. The molecule has 0 spiro atoms. The molecular weight excluding hydrogens is 264 g/mol. The van der Waals surface area contributed by atoms with E-state index in [0.717, 1.165) is 24.2 Å².